The van der Waals surface area contributed by atoms with E-state index in [4.69, 9.17) is 19.9 Å². The molecule has 0 aromatic rings. The minimum atomic E-state index is -0.815. The van der Waals surface area contributed by atoms with Crippen LogP contribution in [0.5, 0.6) is 0 Å². The van der Waals surface area contributed by atoms with Crippen LogP contribution in [0.25, 0.3) is 0 Å². The first-order valence-electron chi connectivity index (χ1n) is 4.28. The summed E-state index contributed by atoms with van der Waals surface area (Å²) in [5.74, 6) is -1.48. The van der Waals surface area contributed by atoms with Gasteiger partial charge in [0.05, 0.1) is 21.3 Å². The van der Waals surface area contributed by atoms with E-state index in [0.717, 1.165) is 0 Å². The van der Waals surface area contributed by atoms with Crippen LogP contribution in [0.2, 0.25) is 0 Å². The summed E-state index contributed by atoms with van der Waals surface area (Å²) in [4.78, 5) is 22.5. The van der Waals surface area contributed by atoms with E-state index < -0.39 is 11.8 Å². The summed E-state index contributed by atoms with van der Waals surface area (Å²) in [7, 11) is 3.91. The monoisotopic (exact) mass is 228 g/mol. The number of rotatable bonds is 4. The van der Waals surface area contributed by atoms with Crippen LogP contribution in [0.3, 0.4) is 0 Å². The van der Waals surface area contributed by atoms with Crippen LogP contribution in [-0.2, 0) is 23.8 Å². The molecule has 7 heteroatoms. The first-order valence-corrected chi connectivity index (χ1v) is 4.28. The third-order valence-electron chi connectivity index (χ3n) is 1.94. The van der Waals surface area contributed by atoms with E-state index in [-0.39, 0.29) is 23.0 Å². The average Bonchev–Trinajstić information content (AvgIpc) is 2.54. The minimum absolute atomic E-state index is 0.0340. The van der Waals surface area contributed by atoms with E-state index in [9.17, 15) is 9.59 Å². The third-order valence-corrected chi connectivity index (χ3v) is 1.94. The summed E-state index contributed by atoms with van der Waals surface area (Å²) >= 11 is 0. The van der Waals surface area contributed by atoms with Crippen LogP contribution in [-0.4, -0.2) is 33.1 Å². The van der Waals surface area contributed by atoms with Gasteiger partial charge in [0.1, 0.15) is 5.70 Å². The van der Waals surface area contributed by atoms with E-state index in [1.165, 1.54) is 21.3 Å². The summed E-state index contributed by atoms with van der Waals surface area (Å²) in [6.07, 6.45) is 0. The predicted molar refractivity (Wildman–Crippen MR) is 52.4 cm³/mol. The van der Waals surface area contributed by atoms with Crippen LogP contribution in [0.4, 0.5) is 0 Å². The Morgan fingerprint density at radius 3 is 2.12 bits per heavy atom. The Kier molecular flexibility index (Phi) is 3.39. The highest BCUT2D eigenvalue weighted by molar-refractivity contribution is 6.01. The fraction of sp³-hybridized carbons (Fsp3) is 0.333. The van der Waals surface area contributed by atoms with E-state index in [1.54, 1.807) is 0 Å². The number of amides is 2. The van der Waals surface area contributed by atoms with Gasteiger partial charge in [-0.2, -0.15) is 0 Å². The first kappa shape index (κ1) is 11.9. The Labute approximate surface area is 91.8 Å². The summed E-state index contributed by atoms with van der Waals surface area (Å²) < 4.78 is 14.6. The van der Waals surface area contributed by atoms with Crippen molar-refractivity contribution < 1.29 is 23.8 Å². The van der Waals surface area contributed by atoms with Crippen LogP contribution in [0.1, 0.15) is 0 Å². The minimum Gasteiger partial charge on any atom is -0.491 e. The van der Waals surface area contributed by atoms with Crippen molar-refractivity contribution in [3.63, 3.8) is 0 Å². The molecule has 1 aliphatic rings. The summed E-state index contributed by atoms with van der Waals surface area (Å²) in [5, 5.41) is 2.38. The van der Waals surface area contributed by atoms with Crippen molar-refractivity contribution in [1.82, 2.24) is 5.32 Å². The van der Waals surface area contributed by atoms with Crippen molar-refractivity contribution >= 4 is 11.8 Å². The summed E-state index contributed by atoms with van der Waals surface area (Å²) in [6.45, 7) is 0. The number of hydrogen-bond acceptors (Lipinski definition) is 5. The number of nitrogens with two attached hydrogens (primary N) is 1. The zero-order valence-electron chi connectivity index (χ0n) is 9.12. The second-order valence-electron chi connectivity index (χ2n) is 2.79. The van der Waals surface area contributed by atoms with Crippen molar-refractivity contribution in [3.8, 4) is 0 Å². The molecule has 2 amide bonds. The molecule has 1 rings (SSSR count). The van der Waals surface area contributed by atoms with Gasteiger partial charge in [0, 0.05) is 0 Å². The van der Waals surface area contributed by atoms with Crippen molar-refractivity contribution in [2.45, 2.75) is 0 Å². The molecule has 0 atom stereocenters. The van der Waals surface area contributed by atoms with Gasteiger partial charge in [-0.05, 0) is 0 Å². The fourth-order valence-electron chi connectivity index (χ4n) is 1.31. The van der Waals surface area contributed by atoms with Gasteiger partial charge in [-0.25, -0.2) is 0 Å². The fourth-order valence-corrected chi connectivity index (χ4v) is 1.31. The van der Waals surface area contributed by atoms with Crippen molar-refractivity contribution in [1.29, 1.82) is 0 Å². The van der Waals surface area contributed by atoms with Crippen molar-refractivity contribution in [2.75, 3.05) is 21.3 Å². The maximum Gasteiger partial charge on any atom is 0.294 e. The lowest BCUT2D eigenvalue weighted by atomic mass is 10.3. The molecule has 0 bridgehead atoms. The lowest BCUT2D eigenvalue weighted by Crippen LogP contribution is -2.24. The zero-order chi connectivity index (χ0) is 12.3. The third kappa shape index (κ3) is 1.79. The molecule has 88 valence electrons. The van der Waals surface area contributed by atoms with E-state index >= 15 is 0 Å². The number of nitrogens with one attached hydrogen (secondary N) is 1. The van der Waals surface area contributed by atoms with Gasteiger partial charge in [0.25, 0.3) is 11.8 Å². The van der Waals surface area contributed by atoms with Gasteiger partial charge >= 0.3 is 0 Å². The SMILES string of the molecule is COC1=C(OC)/C(=C(/OC)C(N)=O)NC1=O. The maximum absolute atomic E-state index is 11.4. The number of hydrogen-bond donors (Lipinski definition) is 2. The van der Waals surface area contributed by atoms with Crippen molar-refractivity contribution in [2.24, 2.45) is 5.73 Å². The molecule has 0 saturated carbocycles. The molecule has 0 aromatic carbocycles. The highest BCUT2D eigenvalue weighted by atomic mass is 16.5. The second kappa shape index (κ2) is 4.56. The highest BCUT2D eigenvalue weighted by Crippen LogP contribution is 2.24. The Balaban J connectivity index is 3.33. The molecule has 0 aromatic heterocycles. The Bertz CT molecular complexity index is 397. The lowest BCUT2D eigenvalue weighted by molar-refractivity contribution is -0.119. The Morgan fingerprint density at radius 1 is 1.19 bits per heavy atom. The predicted octanol–water partition coefficient (Wildman–Crippen LogP) is -1.04. The van der Waals surface area contributed by atoms with E-state index in [2.05, 4.69) is 5.32 Å². The van der Waals surface area contributed by atoms with Gasteiger partial charge in [-0.15, -0.1) is 0 Å². The van der Waals surface area contributed by atoms with Gasteiger partial charge in [0.2, 0.25) is 11.5 Å². The number of methoxy groups -OCH3 is 3. The quantitative estimate of drug-likeness (QED) is 0.473. The van der Waals surface area contributed by atoms with E-state index in [0.29, 0.717) is 0 Å². The molecule has 0 spiro atoms. The second-order valence-corrected chi connectivity index (χ2v) is 2.79. The molecule has 0 radical (unpaired) electrons. The molecule has 1 aliphatic heterocycles. The zero-order valence-corrected chi connectivity index (χ0v) is 9.12. The maximum atomic E-state index is 11.4. The number of carbonyl (C=O) groups excluding carboxylic acids is 2. The van der Waals surface area contributed by atoms with Crippen LogP contribution < -0.4 is 11.1 Å². The van der Waals surface area contributed by atoms with Gasteiger partial charge < -0.3 is 25.3 Å². The average molecular weight is 228 g/mol. The molecule has 16 heavy (non-hydrogen) atoms. The van der Waals surface area contributed by atoms with E-state index in [1.807, 2.05) is 0 Å². The molecular formula is C9H12N2O5. The normalized spacial score (nSPS) is 18.1. The largest absolute Gasteiger partial charge is 0.491 e. The molecule has 7 nitrogen and oxygen atoms in total. The van der Waals surface area contributed by atoms with Gasteiger partial charge in [0.15, 0.2) is 5.76 Å². The molecule has 0 unspecified atom stereocenters. The molecule has 0 aliphatic carbocycles. The van der Waals surface area contributed by atoms with Crippen molar-refractivity contribution in [3.05, 3.63) is 23.0 Å². The number of primary amides is 1. The number of carbonyl (C=O) groups is 2. The topological polar surface area (TPSA) is 99.9 Å². The molecule has 1 heterocycles. The molecule has 0 saturated heterocycles. The summed E-state index contributed by atoms with van der Waals surface area (Å²) in [6, 6.07) is 0. The molecular weight excluding hydrogens is 216 g/mol. The molecule has 0 fully saturated rings. The van der Waals surface area contributed by atoms with Crippen LogP contribution in [0, 0.1) is 0 Å². The smallest absolute Gasteiger partial charge is 0.294 e. The van der Waals surface area contributed by atoms with Crippen LogP contribution >= 0.6 is 0 Å². The standard InChI is InChI=1S/C9H12N2O5/c1-14-5-4(6(15-2)8(10)12)11-9(13)7(5)16-3/h1-3H3,(H2,10,12)(H,11,13)/b6-4-. The molecule has 3 N–H and O–H groups in total. The van der Waals surface area contributed by atoms with Crippen LogP contribution in [0.15, 0.2) is 23.0 Å². The van der Waals surface area contributed by atoms with Gasteiger partial charge in [-0.1, -0.05) is 0 Å². The Hall–Kier alpha value is -2.18. The Morgan fingerprint density at radius 2 is 1.75 bits per heavy atom. The van der Waals surface area contributed by atoms with Gasteiger partial charge in [-0.3, -0.25) is 9.59 Å². The summed E-state index contributed by atoms with van der Waals surface area (Å²) in [5.41, 5.74) is 5.15. The number of ether oxygens (including phenoxy) is 3. The highest BCUT2D eigenvalue weighted by Gasteiger charge is 2.34. The lowest BCUT2D eigenvalue weighted by Gasteiger charge is -2.08. The first-order chi connectivity index (χ1) is 7.56.